The molecule has 0 saturated carbocycles. The lowest BCUT2D eigenvalue weighted by molar-refractivity contribution is 0.0690. The number of aromatic nitrogens is 4. The zero-order valence-corrected chi connectivity index (χ0v) is 11.2. The van der Waals surface area contributed by atoms with Crippen LogP contribution in [-0.2, 0) is 12.8 Å². The summed E-state index contributed by atoms with van der Waals surface area (Å²) in [7, 11) is 0. The molecule has 0 aromatic carbocycles. The van der Waals surface area contributed by atoms with E-state index in [-0.39, 0.29) is 5.69 Å². The first-order chi connectivity index (χ1) is 9.06. The average Bonchev–Trinajstić information content (AvgIpc) is 2.88. The molecule has 6 heteroatoms. The molecule has 2 heterocycles. The normalized spacial score (nSPS) is 10.7. The number of aryl methyl sites for hydroxylation is 2. The van der Waals surface area contributed by atoms with Crippen molar-refractivity contribution in [3.05, 3.63) is 35.0 Å². The second-order valence-electron chi connectivity index (χ2n) is 4.19. The molecule has 0 aliphatic carbocycles. The summed E-state index contributed by atoms with van der Waals surface area (Å²) >= 11 is 0. The molecule has 0 unspecified atom stereocenters. The highest BCUT2D eigenvalue weighted by molar-refractivity contribution is 5.85. The Morgan fingerprint density at radius 2 is 2.05 bits per heavy atom. The van der Waals surface area contributed by atoms with Gasteiger partial charge in [0.05, 0.1) is 0 Å². The maximum atomic E-state index is 10.9. The molecule has 6 nitrogen and oxygen atoms in total. The average molecular weight is 260 g/mol. The van der Waals surface area contributed by atoms with Gasteiger partial charge in [0.25, 0.3) is 0 Å². The quantitative estimate of drug-likeness (QED) is 0.906. The summed E-state index contributed by atoms with van der Waals surface area (Å²) in [5, 5.41) is 12.9. The highest BCUT2D eigenvalue weighted by atomic mass is 16.4. The van der Waals surface area contributed by atoms with E-state index in [2.05, 4.69) is 15.1 Å². The van der Waals surface area contributed by atoms with Crippen molar-refractivity contribution in [2.45, 2.75) is 33.6 Å². The molecule has 0 bridgehead atoms. The summed E-state index contributed by atoms with van der Waals surface area (Å²) in [6.07, 6.45) is 3.15. The summed E-state index contributed by atoms with van der Waals surface area (Å²) in [6.45, 7) is 5.94. The molecule has 0 atom stereocenters. The molecule has 1 N–H and O–H groups in total. The minimum absolute atomic E-state index is 0.00843. The van der Waals surface area contributed by atoms with Crippen LogP contribution in [0.1, 0.15) is 41.4 Å². The zero-order valence-electron chi connectivity index (χ0n) is 11.2. The van der Waals surface area contributed by atoms with E-state index in [1.165, 1.54) is 10.7 Å². The summed E-state index contributed by atoms with van der Waals surface area (Å²) in [6, 6.07) is 1.46. The number of rotatable bonds is 4. The lowest BCUT2D eigenvalue weighted by Crippen LogP contribution is -2.10. The van der Waals surface area contributed by atoms with Gasteiger partial charge in [-0.05, 0) is 19.4 Å². The standard InChI is InChI=1S/C13H16N4O2/c1-4-9-8(3)12(15-11(5-2)14-9)17-7-6-10(16-17)13(18)19/h6-7H,4-5H2,1-3H3,(H,18,19). The van der Waals surface area contributed by atoms with Crippen LogP contribution in [0.4, 0.5) is 0 Å². The van der Waals surface area contributed by atoms with Crippen molar-refractivity contribution in [2.24, 2.45) is 0 Å². The maximum Gasteiger partial charge on any atom is 0.356 e. The molecule has 0 spiro atoms. The number of carboxylic acids is 1. The molecule has 0 radical (unpaired) electrons. The van der Waals surface area contributed by atoms with E-state index in [1.807, 2.05) is 20.8 Å². The van der Waals surface area contributed by atoms with Crippen molar-refractivity contribution >= 4 is 5.97 Å². The first-order valence-electron chi connectivity index (χ1n) is 6.22. The SMILES string of the molecule is CCc1nc(CC)c(C)c(-n2ccc(C(=O)O)n2)n1. The number of hydrogen-bond donors (Lipinski definition) is 1. The molecule has 19 heavy (non-hydrogen) atoms. The second-order valence-corrected chi connectivity index (χ2v) is 4.19. The van der Waals surface area contributed by atoms with Crippen molar-refractivity contribution in [1.29, 1.82) is 0 Å². The molecule has 0 aliphatic heterocycles. The smallest absolute Gasteiger partial charge is 0.356 e. The predicted molar refractivity (Wildman–Crippen MR) is 69.6 cm³/mol. The first-order valence-corrected chi connectivity index (χ1v) is 6.22. The van der Waals surface area contributed by atoms with E-state index >= 15 is 0 Å². The number of nitrogens with zero attached hydrogens (tertiary/aromatic N) is 4. The Morgan fingerprint density at radius 3 is 2.58 bits per heavy atom. The lowest BCUT2D eigenvalue weighted by atomic mass is 10.2. The van der Waals surface area contributed by atoms with Crippen molar-refractivity contribution in [2.75, 3.05) is 0 Å². The van der Waals surface area contributed by atoms with Crippen LogP contribution < -0.4 is 0 Å². The van der Waals surface area contributed by atoms with Crippen LogP contribution in [0.3, 0.4) is 0 Å². The number of carbonyl (C=O) groups is 1. The monoisotopic (exact) mass is 260 g/mol. The number of aromatic carboxylic acids is 1. The van der Waals surface area contributed by atoms with E-state index in [0.29, 0.717) is 5.82 Å². The largest absolute Gasteiger partial charge is 0.476 e. The van der Waals surface area contributed by atoms with Crippen molar-refractivity contribution in [3.8, 4) is 5.82 Å². The minimum Gasteiger partial charge on any atom is -0.476 e. The summed E-state index contributed by atoms with van der Waals surface area (Å²) < 4.78 is 1.50. The molecular weight excluding hydrogens is 244 g/mol. The van der Waals surface area contributed by atoms with Crippen LogP contribution in [0, 0.1) is 6.92 Å². The van der Waals surface area contributed by atoms with Gasteiger partial charge in [-0.15, -0.1) is 0 Å². The fraction of sp³-hybridized carbons (Fsp3) is 0.385. The van der Waals surface area contributed by atoms with Crippen molar-refractivity contribution in [1.82, 2.24) is 19.7 Å². The van der Waals surface area contributed by atoms with E-state index in [1.54, 1.807) is 6.20 Å². The molecule has 0 saturated heterocycles. The molecule has 100 valence electrons. The molecule has 2 aromatic rings. The van der Waals surface area contributed by atoms with Crippen LogP contribution in [-0.4, -0.2) is 30.8 Å². The third kappa shape index (κ3) is 2.47. The zero-order chi connectivity index (χ0) is 14.0. The van der Waals surface area contributed by atoms with Crippen molar-refractivity contribution < 1.29 is 9.90 Å². The molecule has 0 fully saturated rings. The van der Waals surface area contributed by atoms with Crippen molar-refractivity contribution in [3.63, 3.8) is 0 Å². The summed E-state index contributed by atoms with van der Waals surface area (Å²) in [5.41, 5.74) is 1.91. The molecular formula is C13H16N4O2. The number of carboxylic acid groups (broad SMARTS) is 1. The highest BCUT2D eigenvalue weighted by Crippen LogP contribution is 2.15. The third-order valence-corrected chi connectivity index (χ3v) is 2.94. The third-order valence-electron chi connectivity index (χ3n) is 2.94. The highest BCUT2D eigenvalue weighted by Gasteiger charge is 2.13. The summed E-state index contributed by atoms with van der Waals surface area (Å²) in [4.78, 5) is 19.8. The lowest BCUT2D eigenvalue weighted by Gasteiger charge is -2.10. The predicted octanol–water partition coefficient (Wildman–Crippen LogP) is 1.79. The Morgan fingerprint density at radius 1 is 1.32 bits per heavy atom. The Bertz CT molecular complexity index is 619. The topological polar surface area (TPSA) is 80.9 Å². The Kier molecular flexibility index (Phi) is 3.59. The first kappa shape index (κ1) is 13.2. The fourth-order valence-corrected chi connectivity index (χ4v) is 1.88. The van der Waals surface area contributed by atoms with Crippen LogP contribution in [0.5, 0.6) is 0 Å². The maximum absolute atomic E-state index is 10.9. The molecule has 0 aliphatic rings. The van der Waals surface area contributed by atoms with Crippen LogP contribution in [0.2, 0.25) is 0 Å². The molecule has 0 amide bonds. The van der Waals surface area contributed by atoms with E-state index in [4.69, 9.17) is 5.11 Å². The van der Waals surface area contributed by atoms with Gasteiger partial charge in [-0.3, -0.25) is 0 Å². The fourth-order valence-electron chi connectivity index (χ4n) is 1.88. The van der Waals surface area contributed by atoms with Gasteiger partial charge in [-0.1, -0.05) is 13.8 Å². The van der Waals surface area contributed by atoms with Crippen LogP contribution in [0.25, 0.3) is 5.82 Å². The molecule has 2 aromatic heterocycles. The van der Waals surface area contributed by atoms with Gasteiger partial charge in [0.2, 0.25) is 0 Å². The number of hydrogen-bond acceptors (Lipinski definition) is 4. The molecule has 2 rings (SSSR count). The van der Waals surface area contributed by atoms with E-state index in [9.17, 15) is 4.79 Å². The van der Waals surface area contributed by atoms with E-state index < -0.39 is 5.97 Å². The Balaban J connectivity index is 2.56. The van der Waals surface area contributed by atoms with Gasteiger partial charge in [-0.25, -0.2) is 19.4 Å². The van der Waals surface area contributed by atoms with Gasteiger partial charge < -0.3 is 5.11 Å². The summed E-state index contributed by atoms with van der Waals surface area (Å²) in [5.74, 6) is 0.345. The van der Waals surface area contributed by atoms with Crippen LogP contribution in [0.15, 0.2) is 12.3 Å². The van der Waals surface area contributed by atoms with Gasteiger partial charge in [-0.2, -0.15) is 5.10 Å². The van der Waals surface area contributed by atoms with Gasteiger partial charge in [0.15, 0.2) is 11.5 Å². The van der Waals surface area contributed by atoms with E-state index in [0.717, 1.165) is 29.9 Å². The minimum atomic E-state index is -1.04. The van der Waals surface area contributed by atoms with Crippen LogP contribution >= 0.6 is 0 Å². The Labute approximate surface area is 111 Å². The van der Waals surface area contributed by atoms with Gasteiger partial charge >= 0.3 is 5.97 Å². The second kappa shape index (κ2) is 5.17. The van der Waals surface area contributed by atoms with Gasteiger partial charge in [0.1, 0.15) is 5.82 Å². The Hall–Kier alpha value is -2.24. The van der Waals surface area contributed by atoms with Gasteiger partial charge in [0, 0.05) is 23.9 Å².